The summed E-state index contributed by atoms with van der Waals surface area (Å²) in [6.07, 6.45) is 6.93. The van der Waals surface area contributed by atoms with Crippen LogP contribution in [0.4, 0.5) is 19.6 Å². The van der Waals surface area contributed by atoms with Crippen molar-refractivity contribution in [2.24, 2.45) is 5.41 Å². The number of Topliss-reactive ketones (excluding diaryl/α,β-unsaturated/α-hetero) is 1. The predicted octanol–water partition coefficient (Wildman–Crippen LogP) is 7.37. The van der Waals surface area contributed by atoms with E-state index in [1.807, 2.05) is 27.1 Å². The smallest absolute Gasteiger partial charge is 0.319 e. The van der Waals surface area contributed by atoms with Crippen LogP contribution in [0.15, 0.2) is 6.20 Å². The van der Waals surface area contributed by atoms with Gasteiger partial charge in [-0.25, -0.2) is 8.78 Å². The van der Waals surface area contributed by atoms with Crippen molar-refractivity contribution in [3.8, 4) is 23.3 Å². The van der Waals surface area contributed by atoms with Gasteiger partial charge in [0.05, 0.1) is 53.4 Å². The number of thiophene rings is 1. The molecule has 1 fully saturated rings. The van der Waals surface area contributed by atoms with Gasteiger partial charge in [0.2, 0.25) is 0 Å². The Balaban J connectivity index is 0.00000107. The number of carbonyl (C=O) groups excluding carboxylic acids is 1. The van der Waals surface area contributed by atoms with E-state index in [1.165, 1.54) is 19.8 Å². The third-order valence-electron chi connectivity index (χ3n) is 8.82. The fraction of sp³-hybridized carbons (Fsp3) is 0.514. The van der Waals surface area contributed by atoms with Gasteiger partial charge in [0.25, 0.3) is 0 Å². The number of carbonyl (C=O) groups is 1. The molecule has 1 aliphatic heterocycles. The van der Waals surface area contributed by atoms with E-state index in [0.717, 1.165) is 43.3 Å². The van der Waals surface area contributed by atoms with Gasteiger partial charge in [0.1, 0.15) is 22.4 Å². The largest absolute Gasteiger partial charge is 0.463 e. The average molecular weight is 680 g/mol. The summed E-state index contributed by atoms with van der Waals surface area (Å²) in [5, 5.41) is 13.8. The van der Waals surface area contributed by atoms with Crippen LogP contribution in [-0.4, -0.2) is 58.9 Å². The normalized spacial score (nSPS) is 15.2. The lowest BCUT2D eigenvalue weighted by atomic mass is 9.93. The Hall–Kier alpha value is -3.99. The molecule has 6 rings (SSSR count). The molecule has 1 unspecified atom stereocenters. The van der Waals surface area contributed by atoms with E-state index in [9.17, 15) is 14.4 Å². The second-order valence-electron chi connectivity index (χ2n) is 13.0. The second-order valence-corrected chi connectivity index (χ2v) is 14.0. The number of nitrogens with zero attached hydrogens (tertiary/aromatic N) is 5. The number of aromatic nitrogens is 3. The van der Waals surface area contributed by atoms with E-state index in [-0.39, 0.29) is 73.7 Å². The minimum Gasteiger partial charge on any atom is -0.463 e. The SMILES string of the molecule is CCCC.CCCC(Nc1nc(OCC2(CN(C)C)CC2)nc2c(F)c(-c3ncc(F)c4sc(N)c(C#N)c34)c3c(c12)COC3)C(C)=O. The number of anilines is 2. The minimum absolute atomic E-state index is 0.0257. The molecule has 2 aliphatic rings. The summed E-state index contributed by atoms with van der Waals surface area (Å²) in [5.74, 6) is -1.19. The van der Waals surface area contributed by atoms with Crippen molar-refractivity contribution in [1.29, 1.82) is 5.26 Å². The monoisotopic (exact) mass is 679 g/mol. The molecule has 1 atom stereocenters. The summed E-state index contributed by atoms with van der Waals surface area (Å²) in [6.45, 7) is 9.20. The highest BCUT2D eigenvalue weighted by atomic mass is 32.1. The Bertz CT molecular complexity index is 1880. The molecule has 0 saturated heterocycles. The number of hydrogen-bond donors (Lipinski definition) is 2. The van der Waals surface area contributed by atoms with Crippen LogP contribution in [0.1, 0.15) is 82.9 Å². The third kappa shape index (κ3) is 6.92. The van der Waals surface area contributed by atoms with E-state index < -0.39 is 17.7 Å². The van der Waals surface area contributed by atoms with E-state index in [4.69, 9.17) is 15.2 Å². The Kier molecular flexibility index (Phi) is 10.8. The van der Waals surface area contributed by atoms with E-state index in [2.05, 4.69) is 39.0 Å². The van der Waals surface area contributed by atoms with Crippen molar-refractivity contribution in [2.75, 3.05) is 38.3 Å². The number of pyridine rings is 1. The van der Waals surface area contributed by atoms with E-state index in [1.54, 1.807) is 0 Å². The highest BCUT2D eigenvalue weighted by Gasteiger charge is 2.44. The first-order valence-corrected chi connectivity index (χ1v) is 17.2. The van der Waals surface area contributed by atoms with Gasteiger partial charge in [-0.05, 0) is 51.4 Å². The Morgan fingerprint density at radius 3 is 2.48 bits per heavy atom. The number of hydrogen-bond acceptors (Lipinski definition) is 11. The van der Waals surface area contributed by atoms with Crippen LogP contribution in [0.5, 0.6) is 6.01 Å². The molecule has 256 valence electrons. The lowest BCUT2D eigenvalue weighted by Crippen LogP contribution is -2.29. The Morgan fingerprint density at radius 1 is 1.17 bits per heavy atom. The molecule has 1 aliphatic carbocycles. The van der Waals surface area contributed by atoms with Crippen molar-refractivity contribution in [2.45, 2.75) is 85.5 Å². The van der Waals surface area contributed by atoms with Crippen molar-refractivity contribution in [1.82, 2.24) is 19.9 Å². The Morgan fingerprint density at radius 2 is 1.88 bits per heavy atom. The number of nitrogens with two attached hydrogens (primary N) is 1. The molecule has 4 heterocycles. The number of halogens is 2. The second kappa shape index (κ2) is 14.6. The maximum Gasteiger partial charge on any atom is 0.319 e. The molecular formula is C35H43F2N7O3S. The van der Waals surface area contributed by atoms with E-state index in [0.29, 0.717) is 29.5 Å². The fourth-order valence-electron chi connectivity index (χ4n) is 6.06. The molecule has 10 nitrogen and oxygen atoms in total. The summed E-state index contributed by atoms with van der Waals surface area (Å²) >= 11 is 0.915. The van der Waals surface area contributed by atoms with Gasteiger partial charge >= 0.3 is 6.01 Å². The standard InChI is InChI=1S/C31H33F2N7O3S.C4H10/c1-5-6-20(15(2)41)37-29-23-18-12-42-11-17(18)21(25-22-16(9-34)28(35)44-27(22)19(32)10-36-25)24(33)26(23)38-30(39-29)43-14-31(7-8-31)13-40(3)4;1-3-4-2/h10,20H,5-8,11-14,35H2,1-4H3,(H,37,38,39);3-4H2,1-2H3. The fourth-order valence-corrected chi connectivity index (χ4v) is 6.98. The van der Waals surface area contributed by atoms with Crippen LogP contribution >= 0.6 is 11.3 Å². The highest BCUT2D eigenvalue weighted by molar-refractivity contribution is 7.23. The first kappa shape index (κ1) is 35.3. The maximum absolute atomic E-state index is 17.0. The Labute approximate surface area is 283 Å². The molecular weight excluding hydrogens is 636 g/mol. The zero-order valence-corrected chi connectivity index (χ0v) is 29.2. The zero-order valence-electron chi connectivity index (χ0n) is 28.4. The number of ether oxygens (including phenoxy) is 2. The maximum atomic E-state index is 17.0. The molecule has 1 saturated carbocycles. The minimum atomic E-state index is -0.738. The number of ketones is 1. The molecule has 48 heavy (non-hydrogen) atoms. The number of benzene rings is 1. The van der Waals surface area contributed by atoms with Gasteiger partial charge in [-0.2, -0.15) is 15.2 Å². The van der Waals surface area contributed by atoms with Gasteiger partial charge in [0, 0.05) is 22.9 Å². The molecule has 0 spiro atoms. The number of fused-ring (bicyclic) bond motifs is 4. The molecule has 0 bridgehead atoms. The van der Waals surface area contributed by atoms with Crippen LogP contribution in [0, 0.1) is 28.4 Å². The molecule has 3 aromatic heterocycles. The summed E-state index contributed by atoms with van der Waals surface area (Å²) in [6, 6.07) is 1.45. The van der Waals surface area contributed by atoms with Gasteiger partial charge in [0.15, 0.2) is 17.4 Å². The van der Waals surface area contributed by atoms with Crippen LogP contribution in [-0.2, 0) is 22.7 Å². The van der Waals surface area contributed by atoms with Gasteiger partial charge in [-0.15, -0.1) is 11.3 Å². The lowest BCUT2D eigenvalue weighted by Gasteiger charge is -2.22. The topological polar surface area (TPSA) is 139 Å². The lowest BCUT2D eigenvalue weighted by molar-refractivity contribution is -0.117. The summed E-state index contributed by atoms with van der Waals surface area (Å²) in [7, 11) is 4.01. The number of unbranched alkanes of at least 4 members (excludes halogenated alkanes) is 1. The first-order valence-electron chi connectivity index (χ1n) is 16.4. The number of nitrogens with one attached hydrogen (secondary N) is 1. The van der Waals surface area contributed by atoms with Crippen LogP contribution in [0.3, 0.4) is 0 Å². The predicted molar refractivity (Wildman–Crippen MR) is 185 cm³/mol. The van der Waals surface area contributed by atoms with Crippen molar-refractivity contribution >= 4 is 48.9 Å². The molecule has 1 aromatic carbocycles. The molecule has 0 radical (unpaired) electrons. The van der Waals surface area contributed by atoms with Crippen molar-refractivity contribution in [3.05, 3.63) is 34.5 Å². The molecule has 3 N–H and O–H groups in total. The summed E-state index contributed by atoms with van der Waals surface area (Å²) < 4.78 is 43.9. The summed E-state index contributed by atoms with van der Waals surface area (Å²) in [5.41, 5.74) is 7.27. The third-order valence-corrected chi connectivity index (χ3v) is 9.84. The van der Waals surface area contributed by atoms with Crippen LogP contribution < -0.4 is 15.8 Å². The first-order chi connectivity index (χ1) is 23.0. The molecule has 0 amide bonds. The van der Waals surface area contributed by atoms with Gasteiger partial charge in [-0.1, -0.05) is 40.0 Å². The highest BCUT2D eigenvalue weighted by Crippen LogP contribution is 2.48. The van der Waals surface area contributed by atoms with Gasteiger partial charge in [-0.3, -0.25) is 9.78 Å². The summed E-state index contributed by atoms with van der Waals surface area (Å²) in [4.78, 5) is 28.2. The van der Waals surface area contributed by atoms with Gasteiger partial charge < -0.3 is 25.4 Å². The molecule has 13 heteroatoms. The van der Waals surface area contributed by atoms with E-state index >= 15 is 4.39 Å². The van der Waals surface area contributed by atoms with Crippen LogP contribution in [0.2, 0.25) is 0 Å². The molecule has 4 aromatic rings. The number of nitrogen functional groups attached to an aromatic ring is 1. The number of nitriles is 1. The average Bonchev–Trinajstić information content (AvgIpc) is 3.47. The van der Waals surface area contributed by atoms with Crippen molar-refractivity contribution < 1.29 is 23.0 Å². The zero-order chi connectivity index (χ0) is 34.7. The quantitative estimate of drug-likeness (QED) is 0.156. The van der Waals surface area contributed by atoms with Crippen LogP contribution in [0.25, 0.3) is 32.2 Å². The number of rotatable bonds is 12. The van der Waals surface area contributed by atoms with Crippen molar-refractivity contribution in [3.63, 3.8) is 0 Å².